The van der Waals surface area contributed by atoms with Crippen LogP contribution in [-0.4, -0.2) is 23.6 Å². The van der Waals surface area contributed by atoms with E-state index in [1.807, 2.05) is 24.3 Å². The maximum Gasteiger partial charge on any atom is 0.408 e. The number of carbonyl (C=O) groups is 1. The normalized spacial score (nSPS) is 17.3. The van der Waals surface area contributed by atoms with E-state index in [2.05, 4.69) is 15.6 Å². The van der Waals surface area contributed by atoms with E-state index >= 15 is 0 Å². The highest BCUT2D eigenvalue weighted by molar-refractivity contribution is 7.23. The summed E-state index contributed by atoms with van der Waals surface area (Å²) in [6, 6.07) is 5.84. The monoisotopic (exact) mass is 397 g/mol. The van der Waals surface area contributed by atoms with Gasteiger partial charge in [0, 0.05) is 23.9 Å². The number of hydrogen-bond acceptors (Lipinski definition) is 5. The van der Waals surface area contributed by atoms with Gasteiger partial charge in [0.15, 0.2) is 0 Å². The van der Waals surface area contributed by atoms with Gasteiger partial charge in [0.2, 0.25) is 5.91 Å². The molecule has 1 atom stereocenters. The zero-order valence-electron chi connectivity index (χ0n) is 13.6. The average Bonchev–Trinajstić information content (AvgIpc) is 3.12. The van der Waals surface area contributed by atoms with E-state index in [0.717, 1.165) is 21.6 Å². The van der Waals surface area contributed by atoms with Crippen LogP contribution in [0.2, 0.25) is 0 Å². The Morgan fingerprint density at radius 1 is 1.31 bits per heavy atom. The molecule has 3 aromatic rings. The number of nitrogens with one attached hydrogen (secondary N) is 2. The van der Waals surface area contributed by atoms with Crippen molar-refractivity contribution in [2.24, 2.45) is 0 Å². The van der Waals surface area contributed by atoms with Gasteiger partial charge in [0.05, 0.1) is 10.2 Å². The number of fused-ring (bicyclic) bond motifs is 2. The quantitative estimate of drug-likeness (QED) is 0.657. The SMILES string of the molecule is CC(=O)Nc1sc2c(c1-c1nc3ccccc3s1)CCNC2C(F)(F)F. The predicted molar refractivity (Wildman–Crippen MR) is 97.7 cm³/mol. The van der Waals surface area contributed by atoms with E-state index in [-0.39, 0.29) is 17.3 Å². The number of nitrogens with zero attached hydrogens (tertiary/aromatic N) is 1. The smallest absolute Gasteiger partial charge is 0.317 e. The third-order valence-corrected chi connectivity index (χ3v) is 6.41. The Balaban J connectivity index is 1.92. The maximum absolute atomic E-state index is 13.4. The topological polar surface area (TPSA) is 54.0 Å². The van der Waals surface area contributed by atoms with Gasteiger partial charge in [-0.1, -0.05) is 12.1 Å². The molecule has 26 heavy (non-hydrogen) atoms. The number of thiophene rings is 1. The molecule has 2 aromatic heterocycles. The van der Waals surface area contributed by atoms with Gasteiger partial charge in [-0.15, -0.1) is 22.7 Å². The summed E-state index contributed by atoms with van der Waals surface area (Å²) in [5.41, 5.74) is 2.04. The van der Waals surface area contributed by atoms with Gasteiger partial charge in [0.1, 0.15) is 16.1 Å². The van der Waals surface area contributed by atoms with Crippen LogP contribution in [0.5, 0.6) is 0 Å². The second-order valence-electron chi connectivity index (χ2n) is 6.00. The van der Waals surface area contributed by atoms with Crippen LogP contribution in [0.3, 0.4) is 0 Å². The van der Waals surface area contributed by atoms with Crippen LogP contribution in [0.4, 0.5) is 18.2 Å². The highest BCUT2D eigenvalue weighted by Gasteiger charge is 2.45. The Labute approximate surface area is 155 Å². The zero-order chi connectivity index (χ0) is 18.5. The fourth-order valence-electron chi connectivity index (χ4n) is 3.12. The van der Waals surface area contributed by atoms with Crippen molar-refractivity contribution in [1.29, 1.82) is 0 Å². The van der Waals surface area contributed by atoms with Crippen molar-refractivity contribution in [3.05, 3.63) is 34.7 Å². The molecule has 9 heteroatoms. The molecule has 0 aliphatic carbocycles. The van der Waals surface area contributed by atoms with Gasteiger partial charge in [-0.2, -0.15) is 13.2 Å². The van der Waals surface area contributed by atoms with Crippen LogP contribution in [-0.2, 0) is 11.2 Å². The fourth-order valence-corrected chi connectivity index (χ4v) is 5.62. The second kappa shape index (κ2) is 6.33. The van der Waals surface area contributed by atoms with E-state index in [4.69, 9.17) is 0 Å². The predicted octanol–water partition coefficient (Wildman–Crippen LogP) is 4.73. The number of anilines is 1. The molecule has 0 spiro atoms. The standard InChI is InChI=1S/C17H14F3N3OS2/c1-8(24)22-15-12(16-23-10-4-2-3-5-11(10)25-16)9-6-7-21-14(13(9)26-15)17(18,19)20/h2-5,14,21H,6-7H2,1H3,(H,22,24). The van der Waals surface area contributed by atoms with Gasteiger partial charge in [0.25, 0.3) is 0 Å². The molecule has 0 radical (unpaired) electrons. The van der Waals surface area contributed by atoms with Crippen LogP contribution in [0, 0.1) is 0 Å². The van der Waals surface area contributed by atoms with Crippen LogP contribution in [0.25, 0.3) is 20.8 Å². The molecule has 0 bridgehead atoms. The van der Waals surface area contributed by atoms with E-state index in [1.54, 1.807) is 0 Å². The fraction of sp³-hybridized carbons (Fsp3) is 0.294. The molecule has 0 saturated heterocycles. The van der Waals surface area contributed by atoms with Crippen LogP contribution < -0.4 is 10.6 Å². The van der Waals surface area contributed by atoms with Crippen molar-refractivity contribution in [1.82, 2.24) is 10.3 Å². The van der Waals surface area contributed by atoms with E-state index in [9.17, 15) is 18.0 Å². The minimum Gasteiger partial charge on any atom is -0.317 e. The van der Waals surface area contributed by atoms with Crippen molar-refractivity contribution in [2.45, 2.75) is 25.6 Å². The molecule has 3 heterocycles. The Kier molecular flexibility index (Phi) is 4.25. The van der Waals surface area contributed by atoms with Gasteiger partial charge >= 0.3 is 6.18 Å². The van der Waals surface area contributed by atoms with E-state index in [1.165, 1.54) is 18.3 Å². The summed E-state index contributed by atoms with van der Waals surface area (Å²) < 4.78 is 41.3. The number of benzene rings is 1. The largest absolute Gasteiger partial charge is 0.408 e. The zero-order valence-corrected chi connectivity index (χ0v) is 15.2. The third-order valence-electron chi connectivity index (χ3n) is 4.15. The van der Waals surface area contributed by atoms with Crippen molar-refractivity contribution >= 4 is 43.8 Å². The molecule has 4 rings (SSSR count). The van der Waals surface area contributed by atoms with Gasteiger partial charge in [-0.3, -0.25) is 4.79 Å². The van der Waals surface area contributed by atoms with Crippen molar-refractivity contribution < 1.29 is 18.0 Å². The van der Waals surface area contributed by atoms with Gasteiger partial charge in [-0.05, 0) is 24.1 Å². The summed E-state index contributed by atoms with van der Waals surface area (Å²) in [5.74, 6) is -0.317. The minimum atomic E-state index is -4.39. The molecule has 0 saturated carbocycles. The summed E-state index contributed by atoms with van der Waals surface area (Å²) in [5, 5.41) is 6.30. The lowest BCUT2D eigenvalue weighted by Crippen LogP contribution is -2.38. The summed E-state index contributed by atoms with van der Waals surface area (Å²) in [7, 11) is 0. The number of halogens is 3. The lowest BCUT2D eigenvalue weighted by molar-refractivity contribution is -0.158. The first kappa shape index (κ1) is 17.4. The number of amides is 1. The molecule has 1 aliphatic heterocycles. The second-order valence-corrected chi connectivity index (χ2v) is 8.08. The van der Waals surface area contributed by atoms with Crippen LogP contribution in [0.1, 0.15) is 23.4 Å². The molecule has 4 nitrogen and oxygen atoms in total. The molecule has 0 fully saturated rings. The Morgan fingerprint density at radius 2 is 2.08 bits per heavy atom. The summed E-state index contributed by atoms with van der Waals surface area (Å²) in [4.78, 5) is 16.4. The minimum absolute atomic E-state index is 0.210. The first-order valence-corrected chi connectivity index (χ1v) is 9.57. The third kappa shape index (κ3) is 3.00. The van der Waals surface area contributed by atoms with Crippen molar-refractivity contribution in [3.8, 4) is 10.6 Å². The summed E-state index contributed by atoms with van der Waals surface area (Å²) >= 11 is 2.40. The number of alkyl halides is 3. The molecule has 1 aliphatic rings. The lowest BCUT2D eigenvalue weighted by atomic mass is 9.99. The van der Waals surface area contributed by atoms with Crippen LogP contribution >= 0.6 is 22.7 Å². The number of thiazole rings is 1. The summed E-state index contributed by atoms with van der Waals surface area (Å²) in [6.07, 6.45) is -3.93. The first-order valence-electron chi connectivity index (χ1n) is 7.94. The molecule has 2 N–H and O–H groups in total. The molecule has 1 aromatic carbocycles. The molecule has 1 unspecified atom stereocenters. The van der Waals surface area contributed by atoms with E-state index in [0.29, 0.717) is 27.6 Å². The van der Waals surface area contributed by atoms with Gasteiger partial charge in [-0.25, -0.2) is 4.98 Å². The highest BCUT2D eigenvalue weighted by atomic mass is 32.1. The Morgan fingerprint density at radius 3 is 2.77 bits per heavy atom. The Hall–Kier alpha value is -1.97. The molecule has 1 amide bonds. The highest BCUT2D eigenvalue weighted by Crippen LogP contribution is 2.50. The molecule has 136 valence electrons. The van der Waals surface area contributed by atoms with Crippen molar-refractivity contribution in [2.75, 3.05) is 11.9 Å². The first-order chi connectivity index (χ1) is 12.3. The molecular formula is C17H14F3N3OS2. The van der Waals surface area contributed by atoms with E-state index < -0.39 is 12.2 Å². The van der Waals surface area contributed by atoms with Gasteiger partial charge < -0.3 is 10.6 Å². The summed E-state index contributed by atoms with van der Waals surface area (Å²) in [6.45, 7) is 1.58. The number of carbonyl (C=O) groups excluding carboxylic acids is 1. The average molecular weight is 397 g/mol. The molecular weight excluding hydrogens is 383 g/mol. The Bertz CT molecular complexity index is 960. The maximum atomic E-state index is 13.4. The number of rotatable bonds is 2. The van der Waals surface area contributed by atoms with Crippen LogP contribution in [0.15, 0.2) is 24.3 Å². The van der Waals surface area contributed by atoms with Crippen molar-refractivity contribution in [3.63, 3.8) is 0 Å². The lowest BCUT2D eigenvalue weighted by Gasteiger charge is -2.26. The number of hydrogen-bond donors (Lipinski definition) is 2. The number of aromatic nitrogens is 1. The number of para-hydroxylation sites is 1.